The van der Waals surface area contributed by atoms with Gasteiger partial charge in [-0.1, -0.05) is 26.5 Å². The van der Waals surface area contributed by atoms with Crippen LogP contribution in [0.1, 0.15) is 40.0 Å². The second-order valence-corrected chi connectivity index (χ2v) is 7.62. The fourth-order valence-electron chi connectivity index (χ4n) is 3.56. The van der Waals surface area contributed by atoms with E-state index in [1.54, 1.807) is 19.1 Å². The van der Waals surface area contributed by atoms with Gasteiger partial charge in [-0.25, -0.2) is 4.79 Å². The zero-order valence-corrected chi connectivity index (χ0v) is 17.6. The number of esters is 3. The molecule has 2 N–H and O–H groups in total. The Hall–Kier alpha value is -2.45. The van der Waals surface area contributed by atoms with Crippen molar-refractivity contribution in [3.63, 3.8) is 0 Å². The van der Waals surface area contributed by atoms with Crippen molar-refractivity contribution in [2.45, 2.75) is 58.3 Å². The summed E-state index contributed by atoms with van der Waals surface area (Å²) in [6.07, 6.45) is 1.67. The molecule has 8 nitrogen and oxygen atoms in total. The van der Waals surface area contributed by atoms with Crippen molar-refractivity contribution >= 4 is 17.9 Å². The highest BCUT2D eigenvalue weighted by Gasteiger charge is 2.49. The van der Waals surface area contributed by atoms with Crippen molar-refractivity contribution in [2.24, 2.45) is 11.8 Å². The predicted octanol–water partition coefficient (Wildman–Crippen LogP) is 1.60. The van der Waals surface area contributed by atoms with Gasteiger partial charge in [0.15, 0.2) is 12.2 Å². The molecule has 0 spiro atoms. The highest BCUT2D eigenvalue weighted by Crippen LogP contribution is 2.37. The molecule has 0 saturated carbocycles. The first-order valence-electron chi connectivity index (χ1n) is 10.1. The van der Waals surface area contributed by atoms with E-state index in [4.69, 9.17) is 14.2 Å². The molecule has 5 atom stereocenters. The second-order valence-electron chi connectivity index (χ2n) is 7.62. The van der Waals surface area contributed by atoms with Crippen LogP contribution in [0.15, 0.2) is 35.5 Å². The summed E-state index contributed by atoms with van der Waals surface area (Å²) in [6, 6.07) is 0. The fourth-order valence-corrected chi connectivity index (χ4v) is 3.56. The first-order chi connectivity index (χ1) is 14.2. The van der Waals surface area contributed by atoms with Gasteiger partial charge in [-0.3, -0.25) is 9.59 Å². The van der Waals surface area contributed by atoms with Gasteiger partial charge in [0.05, 0.1) is 25.0 Å². The van der Waals surface area contributed by atoms with Crippen molar-refractivity contribution in [1.82, 2.24) is 0 Å². The van der Waals surface area contributed by atoms with Crippen LogP contribution < -0.4 is 0 Å². The Labute approximate surface area is 176 Å². The van der Waals surface area contributed by atoms with Crippen molar-refractivity contribution in [3.05, 3.63) is 35.5 Å². The van der Waals surface area contributed by atoms with E-state index in [9.17, 15) is 24.6 Å². The van der Waals surface area contributed by atoms with E-state index in [1.165, 1.54) is 6.92 Å². The summed E-state index contributed by atoms with van der Waals surface area (Å²) in [4.78, 5) is 36.8. The molecule has 166 valence electrons. The minimum Gasteiger partial charge on any atom is -0.457 e. The summed E-state index contributed by atoms with van der Waals surface area (Å²) in [6.45, 7) is 7.89. The summed E-state index contributed by atoms with van der Waals surface area (Å²) in [7, 11) is 0. The Morgan fingerprint density at radius 1 is 1.30 bits per heavy atom. The molecule has 2 rings (SSSR count). The molecule has 0 aromatic rings. The average Bonchev–Trinajstić information content (AvgIpc) is 2.99. The van der Waals surface area contributed by atoms with Crippen LogP contribution in [0.2, 0.25) is 0 Å². The first kappa shape index (κ1) is 23.8. The van der Waals surface area contributed by atoms with Crippen LogP contribution in [0.5, 0.6) is 0 Å². The SMILES string of the molecule is C=C1C(=O)O[C@@H]2/C=C(\CO)CC/C=C(\CO)[C@H](OC(C)=O)C(OC(=O)C(C)CC)C12. The lowest BCUT2D eigenvalue weighted by molar-refractivity contribution is -0.171. The van der Waals surface area contributed by atoms with Gasteiger partial charge in [-0.2, -0.15) is 0 Å². The van der Waals surface area contributed by atoms with Gasteiger partial charge in [0.25, 0.3) is 0 Å². The highest BCUT2D eigenvalue weighted by atomic mass is 16.6. The summed E-state index contributed by atoms with van der Waals surface area (Å²) >= 11 is 0. The minimum absolute atomic E-state index is 0.0745. The topological polar surface area (TPSA) is 119 Å². The number of hydrogen-bond acceptors (Lipinski definition) is 8. The molecular formula is C22H30O8. The van der Waals surface area contributed by atoms with Gasteiger partial charge in [-0.15, -0.1) is 0 Å². The molecule has 1 aliphatic heterocycles. The van der Waals surface area contributed by atoms with E-state index in [2.05, 4.69) is 6.58 Å². The van der Waals surface area contributed by atoms with Gasteiger partial charge in [-0.05, 0) is 36.5 Å². The molecule has 0 amide bonds. The number of rotatable bonds is 6. The highest BCUT2D eigenvalue weighted by molar-refractivity contribution is 5.91. The zero-order chi connectivity index (χ0) is 22.4. The van der Waals surface area contributed by atoms with Gasteiger partial charge < -0.3 is 24.4 Å². The standard InChI is InChI=1S/C22H30O8/c1-5-12(2)21(26)30-20-18-13(3)22(27)29-17(18)9-15(10-23)7-6-8-16(11-24)19(20)28-14(4)25/h8-9,12,17-20,23-24H,3,5-7,10-11H2,1-2,4H3/b15-9-,16-8+/t12?,17-,18?,19+,20?/m1/s1. The van der Waals surface area contributed by atoms with Crippen LogP contribution in [0.3, 0.4) is 0 Å². The van der Waals surface area contributed by atoms with Crippen molar-refractivity contribution in [3.8, 4) is 0 Å². The number of hydrogen-bond donors (Lipinski definition) is 2. The van der Waals surface area contributed by atoms with Gasteiger partial charge in [0, 0.05) is 12.5 Å². The maximum absolute atomic E-state index is 12.7. The lowest BCUT2D eigenvalue weighted by Gasteiger charge is -2.34. The summed E-state index contributed by atoms with van der Waals surface area (Å²) in [5, 5.41) is 19.6. The molecule has 1 saturated heterocycles. The molecule has 8 heteroatoms. The third-order valence-corrected chi connectivity index (χ3v) is 5.50. The summed E-state index contributed by atoms with van der Waals surface area (Å²) in [5.74, 6) is -3.07. The molecule has 1 aliphatic carbocycles. The van der Waals surface area contributed by atoms with E-state index in [1.807, 2.05) is 6.92 Å². The van der Waals surface area contributed by atoms with Crippen LogP contribution in [-0.4, -0.2) is 59.6 Å². The molecular weight excluding hydrogens is 392 g/mol. The van der Waals surface area contributed by atoms with Gasteiger partial charge >= 0.3 is 17.9 Å². The van der Waals surface area contributed by atoms with E-state index < -0.39 is 54.7 Å². The quantitative estimate of drug-likeness (QED) is 0.287. The third kappa shape index (κ3) is 5.37. The Morgan fingerprint density at radius 3 is 2.57 bits per heavy atom. The molecule has 0 aromatic heterocycles. The third-order valence-electron chi connectivity index (χ3n) is 5.50. The van der Waals surface area contributed by atoms with E-state index in [0.29, 0.717) is 30.4 Å². The second kappa shape index (κ2) is 10.5. The fraction of sp³-hybridized carbons (Fsp3) is 0.591. The first-order valence-corrected chi connectivity index (χ1v) is 10.1. The van der Waals surface area contributed by atoms with Gasteiger partial charge in [0.2, 0.25) is 0 Å². The van der Waals surface area contributed by atoms with Crippen molar-refractivity contribution < 1.29 is 38.8 Å². The smallest absolute Gasteiger partial charge is 0.334 e. The lowest BCUT2D eigenvalue weighted by Crippen LogP contribution is -2.46. The maximum atomic E-state index is 12.7. The molecule has 2 aliphatic rings. The molecule has 1 heterocycles. The molecule has 0 radical (unpaired) electrons. The van der Waals surface area contributed by atoms with E-state index in [-0.39, 0.29) is 12.2 Å². The Kier molecular flexibility index (Phi) is 8.37. The van der Waals surface area contributed by atoms with Crippen LogP contribution in [0.25, 0.3) is 0 Å². The average molecular weight is 422 g/mol. The van der Waals surface area contributed by atoms with Crippen LogP contribution in [0.4, 0.5) is 0 Å². The minimum atomic E-state index is -1.13. The van der Waals surface area contributed by atoms with E-state index >= 15 is 0 Å². The van der Waals surface area contributed by atoms with E-state index in [0.717, 1.165) is 0 Å². The number of aliphatic hydroxyl groups excluding tert-OH is 2. The number of carbonyl (C=O) groups is 3. The number of aliphatic hydroxyl groups is 2. The maximum Gasteiger partial charge on any atom is 0.334 e. The summed E-state index contributed by atoms with van der Waals surface area (Å²) in [5.41, 5.74) is 1.06. The van der Waals surface area contributed by atoms with Crippen LogP contribution in [-0.2, 0) is 28.6 Å². The monoisotopic (exact) mass is 422 g/mol. The molecule has 30 heavy (non-hydrogen) atoms. The van der Waals surface area contributed by atoms with Crippen molar-refractivity contribution in [1.29, 1.82) is 0 Å². The molecule has 0 aromatic carbocycles. The Bertz CT molecular complexity index is 750. The Balaban J connectivity index is 2.61. The van der Waals surface area contributed by atoms with Gasteiger partial charge in [0.1, 0.15) is 6.10 Å². The lowest BCUT2D eigenvalue weighted by atomic mass is 9.83. The van der Waals surface area contributed by atoms with Crippen molar-refractivity contribution in [2.75, 3.05) is 13.2 Å². The largest absolute Gasteiger partial charge is 0.457 e. The molecule has 1 fully saturated rings. The molecule has 0 bridgehead atoms. The number of fused-ring (bicyclic) bond motifs is 1. The van der Waals surface area contributed by atoms with Crippen LogP contribution >= 0.6 is 0 Å². The Morgan fingerprint density at radius 2 is 2.00 bits per heavy atom. The number of allylic oxidation sites excluding steroid dienone is 1. The summed E-state index contributed by atoms with van der Waals surface area (Å²) < 4.78 is 16.7. The predicted molar refractivity (Wildman–Crippen MR) is 107 cm³/mol. The van der Waals surface area contributed by atoms with Crippen LogP contribution in [0, 0.1) is 11.8 Å². The number of ether oxygens (including phenoxy) is 3. The zero-order valence-electron chi connectivity index (χ0n) is 17.6. The normalized spacial score (nSPS) is 31.4. The molecule has 3 unspecified atom stereocenters. The number of carbonyl (C=O) groups excluding carboxylic acids is 3.